The third kappa shape index (κ3) is 6.90. The van der Waals surface area contributed by atoms with E-state index in [4.69, 9.17) is 0 Å². The largest absolute Gasteiger partial charge is 0.416 e. The summed E-state index contributed by atoms with van der Waals surface area (Å²) in [6, 6.07) is 8.25. The van der Waals surface area contributed by atoms with Gasteiger partial charge in [-0.1, -0.05) is 12.1 Å². The second-order valence-electron chi connectivity index (χ2n) is 5.81. The number of nitrogens with zero attached hydrogens (tertiary/aromatic N) is 2. The SMILES string of the molecule is CCNC(=NCc1ccc(C(F)(F)F)cc1)NCCNC(=O)c1cccnc1. The number of carbonyl (C=O) groups excluding carboxylic acids is 1. The van der Waals surface area contributed by atoms with Gasteiger partial charge >= 0.3 is 6.18 Å². The first-order chi connectivity index (χ1) is 13.4. The second kappa shape index (κ2) is 10.3. The number of halogens is 3. The summed E-state index contributed by atoms with van der Waals surface area (Å²) in [5, 5.41) is 8.87. The average Bonchev–Trinajstić information content (AvgIpc) is 2.69. The van der Waals surface area contributed by atoms with E-state index in [1.54, 1.807) is 18.3 Å². The summed E-state index contributed by atoms with van der Waals surface area (Å²) in [7, 11) is 0. The van der Waals surface area contributed by atoms with Crippen LogP contribution in [0.4, 0.5) is 13.2 Å². The normalized spacial score (nSPS) is 11.8. The fourth-order valence-corrected chi connectivity index (χ4v) is 2.27. The number of hydrogen-bond acceptors (Lipinski definition) is 3. The number of aromatic nitrogens is 1. The van der Waals surface area contributed by atoms with Crippen LogP contribution in [0.15, 0.2) is 53.8 Å². The molecule has 2 aromatic rings. The van der Waals surface area contributed by atoms with Gasteiger partial charge in [0.05, 0.1) is 17.7 Å². The summed E-state index contributed by atoms with van der Waals surface area (Å²) in [4.78, 5) is 20.2. The Kier molecular flexibility index (Phi) is 7.79. The van der Waals surface area contributed by atoms with E-state index in [9.17, 15) is 18.0 Å². The summed E-state index contributed by atoms with van der Waals surface area (Å²) < 4.78 is 37.8. The number of benzene rings is 1. The smallest absolute Gasteiger partial charge is 0.357 e. The van der Waals surface area contributed by atoms with Crippen LogP contribution in [-0.2, 0) is 12.7 Å². The highest BCUT2D eigenvalue weighted by Crippen LogP contribution is 2.29. The van der Waals surface area contributed by atoms with Crippen LogP contribution < -0.4 is 16.0 Å². The number of pyridine rings is 1. The van der Waals surface area contributed by atoms with Crippen molar-refractivity contribution in [1.82, 2.24) is 20.9 Å². The lowest BCUT2D eigenvalue weighted by Crippen LogP contribution is -2.41. The molecule has 0 bridgehead atoms. The molecule has 0 atom stereocenters. The highest BCUT2D eigenvalue weighted by Gasteiger charge is 2.29. The van der Waals surface area contributed by atoms with Gasteiger partial charge in [0.1, 0.15) is 0 Å². The van der Waals surface area contributed by atoms with E-state index in [-0.39, 0.29) is 12.5 Å². The monoisotopic (exact) mass is 393 g/mol. The molecule has 6 nitrogen and oxygen atoms in total. The molecule has 0 saturated heterocycles. The maximum absolute atomic E-state index is 12.6. The first-order valence-corrected chi connectivity index (χ1v) is 8.76. The van der Waals surface area contributed by atoms with Crippen LogP contribution in [0.1, 0.15) is 28.4 Å². The van der Waals surface area contributed by atoms with Crippen LogP contribution in [0.25, 0.3) is 0 Å². The van der Waals surface area contributed by atoms with Crippen molar-refractivity contribution in [1.29, 1.82) is 0 Å². The van der Waals surface area contributed by atoms with E-state index in [2.05, 4.69) is 25.9 Å². The molecule has 1 aromatic carbocycles. The molecule has 1 aromatic heterocycles. The van der Waals surface area contributed by atoms with Crippen LogP contribution in [0, 0.1) is 0 Å². The maximum Gasteiger partial charge on any atom is 0.416 e. The number of nitrogens with one attached hydrogen (secondary N) is 3. The molecule has 0 aliphatic heterocycles. The second-order valence-corrected chi connectivity index (χ2v) is 5.81. The molecule has 28 heavy (non-hydrogen) atoms. The number of hydrogen-bond donors (Lipinski definition) is 3. The summed E-state index contributed by atoms with van der Waals surface area (Å²) in [6.07, 6.45) is -1.27. The molecule has 1 amide bonds. The lowest BCUT2D eigenvalue weighted by atomic mass is 10.1. The van der Waals surface area contributed by atoms with Gasteiger partial charge in [0.25, 0.3) is 5.91 Å². The molecule has 2 rings (SSSR count). The van der Waals surface area contributed by atoms with Gasteiger partial charge in [0, 0.05) is 32.0 Å². The lowest BCUT2D eigenvalue weighted by molar-refractivity contribution is -0.137. The van der Waals surface area contributed by atoms with Crippen molar-refractivity contribution >= 4 is 11.9 Å². The van der Waals surface area contributed by atoms with Crippen molar-refractivity contribution in [2.45, 2.75) is 19.6 Å². The van der Waals surface area contributed by atoms with E-state index < -0.39 is 11.7 Å². The maximum atomic E-state index is 12.6. The molecule has 0 aliphatic carbocycles. The Morgan fingerprint density at radius 1 is 1.07 bits per heavy atom. The molecule has 150 valence electrons. The zero-order chi connectivity index (χ0) is 20.4. The van der Waals surface area contributed by atoms with Crippen molar-refractivity contribution in [3.05, 3.63) is 65.5 Å². The minimum absolute atomic E-state index is 0.221. The minimum Gasteiger partial charge on any atom is -0.357 e. The molecular formula is C19H22F3N5O. The van der Waals surface area contributed by atoms with Gasteiger partial charge in [-0.05, 0) is 36.8 Å². The first-order valence-electron chi connectivity index (χ1n) is 8.76. The van der Waals surface area contributed by atoms with Crippen molar-refractivity contribution in [2.24, 2.45) is 4.99 Å². The van der Waals surface area contributed by atoms with Crippen LogP contribution in [0.2, 0.25) is 0 Å². The predicted octanol–water partition coefficient (Wildman–Crippen LogP) is 2.59. The molecule has 9 heteroatoms. The minimum atomic E-state index is -4.35. The van der Waals surface area contributed by atoms with Gasteiger partial charge in [0.2, 0.25) is 0 Å². The topological polar surface area (TPSA) is 78.4 Å². The quantitative estimate of drug-likeness (QED) is 0.384. The van der Waals surface area contributed by atoms with Crippen LogP contribution >= 0.6 is 0 Å². The molecule has 3 N–H and O–H groups in total. The summed E-state index contributed by atoms with van der Waals surface area (Å²) in [6.45, 7) is 3.57. The van der Waals surface area contributed by atoms with Gasteiger partial charge in [0.15, 0.2) is 5.96 Å². The fourth-order valence-electron chi connectivity index (χ4n) is 2.27. The number of aliphatic imine (C=N–C) groups is 1. The highest BCUT2D eigenvalue weighted by atomic mass is 19.4. The molecule has 1 heterocycles. The van der Waals surface area contributed by atoms with Crippen LogP contribution in [0.5, 0.6) is 0 Å². The number of amides is 1. The van der Waals surface area contributed by atoms with Gasteiger partial charge in [-0.3, -0.25) is 9.78 Å². The molecular weight excluding hydrogens is 371 g/mol. The van der Waals surface area contributed by atoms with E-state index in [1.165, 1.54) is 18.3 Å². The highest BCUT2D eigenvalue weighted by molar-refractivity contribution is 5.93. The Morgan fingerprint density at radius 2 is 1.79 bits per heavy atom. The zero-order valence-electron chi connectivity index (χ0n) is 15.4. The van der Waals surface area contributed by atoms with Gasteiger partial charge < -0.3 is 16.0 Å². The van der Waals surface area contributed by atoms with Gasteiger partial charge in [-0.15, -0.1) is 0 Å². The number of alkyl halides is 3. The Morgan fingerprint density at radius 3 is 2.39 bits per heavy atom. The number of carbonyl (C=O) groups is 1. The third-order valence-corrected chi connectivity index (χ3v) is 3.67. The third-order valence-electron chi connectivity index (χ3n) is 3.67. The molecule has 0 aliphatic rings. The van der Waals surface area contributed by atoms with Gasteiger partial charge in [-0.25, -0.2) is 4.99 Å². The predicted molar refractivity (Wildman–Crippen MR) is 101 cm³/mol. The Balaban J connectivity index is 1.82. The summed E-state index contributed by atoms with van der Waals surface area (Å²) >= 11 is 0. The average molecular weight is 393 g/mol. The van der Waals surface area contributed by atoms with Crippen molar-refractivity contribution in [3.8, 4) is 0 Å². The summed E-state index contributed by atoms with van der Waals surface area (Å²) in [5.74, 6) is 0.291. The Labute approximate surface area is 161 Å². The van der Waals surface area contributed by atoms with Crippen LogP contribution in [0.3, 0.4) is 0 Å². The molecule has 0 radical (unpaired) electrons. The first kappa shape index (κ1) is 21.2. The number of guanidine groups is 1. The molecule has 0 fully saturated rings. The van der Waals surface area contributed by atoms with Crippen molar-refractivity contribution in [2.75, 3.05) is 19.6 Å². The van der Waals surface area contributed by atoms with E-state index in [0.717, 1.165) is 12.1 Å². The fraction of sp³-hybridized carbons (Fsp3) is 0.316. The molecule has 0 saturated carbocycles. The van der Waals surface area contributed by atoms with Crippen LogP contribution in [-0.4, -0.2) is 36.5 Å². The standard InChI is InChI=1S/C19H22F3N5O/c1-2-24-18(26-11-10-25-17(28)15-4-3-9-23-13-15)27-12-14-5-7-16(8-6-14)19(20,21)22/h3-9,13H,2,10-12H2,1H3,(H,25,28)(H2,24,26,27). The Hall–Kier alpha value is -3.10. The lowest BCUT2D eigenvalue weighted by Gasteiger charge is -2.12. The zero-order valence-corrected chi connectivity index (χ0v) is 15.4. The van der Waals surface area contributed by atoms with E-state index >= 15 is 0 Å². The molecule has 0 spiro atoms. The van der Waals surface area contributed by atoms with E-state index in [0.29, 0.717) is 36.7 Å². The Bertz CT molecular complexity index is 776. The van der Waals surface area contributed by atoms with E-state index in [1.807, 2.05) is 6.92 Å². The summed E-state index contributed by atoms with van der Waals surface area (Å²) in [5.41, 5.74) is 0.454. The van der Waals surface area contributed by atoms with Crippen molar-refractivity contribution < 1.29 is 18.0 Å². The van der Waals surface area contributed by atoms with Crippen molar-refractivity contribution in [3.63, 3.8) is 0 Å². The van der Waals surface area contributed by atoms with Gasteiger partial charge in [-0.2, -0.15) is 13.2 Å². The molecule has 0 unspecified atom stereocenters. The number of rotatable bonds is 7.